The zero-order chi connectivity index (χ0) is 10.8. The number of amides is 1. The molecule has 15 heavy (non-hydrogen) atoms. The minimum Gasteiger partial charge on any atom is -0.365 e. The molecule has 1 saturated heterocycles. The van der Waals surface area contributed by atoms with E-state index < -0.39 is 0 Å². The highest BCUT2D eigenvalue weighted by Crippen LogP contribution is 2.30. The zero-order valence-corrected chi connectivity index (χ0v) is 9.64. The molecule has 2 atom stereocenters. The SMILES string of the molecule is C[C@H]1CC[C@H](c2ccc(C(N)=O)s2)NC1. The average molecular weight is 224 g/mol. The molecule has 2 heterocycles. The Bertz CT molecular complexity index is 353. The van der Waals surface area contributed by atoms with Gasteiger partial charge in [-0.3, -0.25) is 4.79 Å². The molecule has 0 unspecified atom stereocenters. The van der Waals surface area contributed by atoms with Gasteiger partial charge in [0.25, 0.3) is 5.91 Å². The second-order valence-electron chi connectivity index (χ2n) is 4.21. The van der Waals surface area contributed by atoms with Gasteiger partial charge in [0.15, 0.2) is 0 Å². The Morgan fingerprint density at radius 3 is 2.87 bits per heavy atom. The molecule has 0 aromatic carbocycles. The van der Waals surface area contributed by atoms with E-state index in [1.165, 1.54) is 22.6 Å². The van der Waals surface area contributed by atoms with Crippen LogP contribution in [-0.4, -0.2) is 12.5 Å². The summed E-state index contributed by atoms with van der Waals surface area (Å²) >= 11 is 1.51. The van der Waals surface area contributed by atoms with E-state index in [-0.39, 0.29) is 5.91 Å². The number of carbonyl (C=O) groups is 1. The summed E-state index contributed by atoms with van der Waals surface area (Å²) in [7, 11) is 0. The number of nitrogens with two attached hydrogens (primary N) is 1. The highest BCUT2D eigenvalue weighted by atomic mass is 32.1. The number of primary amides is 1. The van der Waals surface area contributed by atoms with Crippen LogP contribution in [0.1, 0.15) is 40.4 Å². The maximum Gasteiger partial charge on any atom is 0.258 e. The van der Waals surface area contributed by atoms with E-state index in [9.17, 15) is 4.79 Å². The first-order valence-electron chi connectivity index (χ1n) is 5.29. The maximum absolute atomic E-state index is 11.0. The lowest BCUT2D eigenvalue weighted by molar-refractivity contribution is 0.100. The van der Waals surface area contributed by atoms with Crippen molar-refractivity contribution in [2.24, 2.45) is 11.7 Å². The van der Waals surface area contributed by atoms with Crippen molar-refractivity contribution in [3.63, 3.8) is 0 Å². The summed E-state index contributed by atoms with van der Waals surface area (Å²) in [5, 5.41) is 3.50. The van der Waals surface area contributed by atoms with E-state index >= 15 is 0 Å². The van der Waals surface area contributed by atoms with Crippen LogP contribution in [0.3, 0.4) is 0 Å². The molecule has 1 aliphatic rings. The van der Waals surface area contributed by atoms with Crippen LogP contribution in [0.2, 0.25) is 0 Å². The van der Waals surface area contributed by atoms with Crippen molar-refractivity contribution in [2.45, 2.75) is 25.8 Å². The molecular formula is C11H16N2OS. The zero-order valence-electron chi connectivity index (χ0n) is 8.82. The molecule has 1 amide bonds. The monoisotopic (exact) mass is 224 g/mol. The van der Waals surface area contributed by atoms with Crippen molar-refractivity contribution in [2.75, 3.05) is 6.54 Å². The van der Waals surface area contributed by atoms with Gasteiger partial charge in [0.1, 0.15) is 0 Å². The van der Waals surface area contributed by atoms with Crippen molar-refractivity contribution < 1.29 is 4.79 Å². The molecule has 0 spiro atoms. The third-order valence-corrected chi connectivity index (χ3v) is 4.09. The number of hydrogen-bond acceptors (Lipinski definition) is 3. The summed E-state index contributed by atoms with van der Waals surface area (Å²) < 4.78 is 0. The summed E-state index contributed by atoms with van der Waals surface area (Å²) in [5.74, 6) is 0.437. The molecule has 3 N–H and O–H groups in total. The fraction of sp³-hybridized carbons (Fsp3) is 0.545. The summed E-state index contributed by atoms with van der Waals surface area (Å²) in [6, 6.07) is 4.25. The fourth-order valence-corrected chi connectivity index (χ4v) is 2.88. The van der Waals surface area contributed by atoms with Crippen molar-refractivity contribution in [1.29, 1.82) is 0 Å². The Balaban J connectivity index is 2.06. The number of rotatable bonds is 2. The Hall–Kier alpha value is -0.870. The molecule has 1 aromatic heterocycles. The number of carbonyl (C=O) groups excluding carboxylic acids is 1. The minimum atomic E-state index is -0.324. The van der Waals surface area contributed by atoms with Gasteiger partial charge in [-0.15, -0.1) is 11.3 Å². The van der Waals surface area contributed by atoms with Crippen LogP contribution in [0.15, 0.2) is 12.1 Å². The molecule has 4 heteroatoms. The second-order valence-corrected chi connectivity index (χ2v) is 5.32. The second kappa shape index (κ2) is 4.33. The minimum absolute atomic E-state index is 0.324. The van der Waals surface area contributed by atoms with Crippen molar-refractivity contribution >= 4 is 17.2 Å². The van der Waals surface area contributed by atoms with Gasteiger partial charge in [-0.05, 0) is 37.4 Å². The predicted molar refractivity (Wildman–Crippen MR) is 62.0 cm³/mol. The largest absolute Gasteiger partial charge is 0.365 e. The molecule has 0 bridgehead atoms. The summed E-state index contributed by atoms with van der Waals surface area (Å²) in [6.07, 6.45) is 2.40. The first kappa shape index (κ1) is 10.6. The number of hydrogen-bond donors (Lipinski definition) is 2. The normalized spacial score (nSPS) is 26.5. The van der Waals surface area contributed by atoms with Crippen LogP contribution in [-0.2, 0) is 0 Å². The highest BCUT2D eigenvalue weighted by molar-refractivity contribution is 7.14. The first-order chi connectivity index (χ1) is 7.16. The smallest absolute Gasteiger partial charge is 0.258 e. The lowest BCUT2D eigenvalue weighted by Gasteiger charge is -2.26. The van der Waals surface area contributed by atoms with Crippen LogP contribution < -0.4 is 11.1 Å². The Kier molecular flexibility index (Phi) is 3.07. The molecule has 1 fully saturated rings. The van der Waals surface area contributed by atoms with Gasteiger partial charge in [-0.25, -0.2) is 0 Å². The maximum atomic E-state index is 11.0. The lowest BCUT2D eigenvalue weighted by Crippen LogP contribution is -2.31. The van der Waals surface area contributed by atoms with Crippen LogP contribution in [0, 0.1) is 5.92 Å². The molecule has 1 aromatic rings. The number of thiophene rings is 1. The van der Waals surface area contributed by atoms with Crippen molar-refractivity contribution in [3.8, 4) is 0 Å². The van der Waals surface area contributed by atoms with Gasteiger partial charge in [0.2, 0.25) is 0 Å². The molecular weight excluding hydrogens is 208 g/mol. The van der Waals surface area contributed by atoms with E-state index in [4.69, 9.17) is 5.73 Å². The highest BCUT2D eigenvalue weighted by Gasteiger charge is 2.20. The van der Waals surface area contributed by atoms with Gasteiger partial charge >= 0.3 is 0 Å². The average Bonchev–Trinajstić information content (AvgIpc) is 2.68. The molecule has 0 aliphatic carbocycles. The summed E-state index contributed by atoms with van der Waals surface area (Å²) in [6.45, 7) is 3.32. The Morgan fingerprint density at radius 1 is 1.53 bits per heavy atom. The summed E-state index contributed by atoms with van der Waals surface area (Å²) in [4.78, 5) is 12.9. The third kappa shape index (κ3) is 2.38. The molecule has 0 saturated carbocycles. The number of nitrogens with one attached hydrogen (secondary N) is 1. The van der Waals surface area contributed by atoms with Crippen LogP contribution in [0.5, 0.6) is 0 Å². The Labute approximate surface area is 93.7 Å². The van der Waals surface area contributed by atoms with E-state index in [1.807, 2.05) is 12.1 Å². The molecule has 1 aliphatic heterocycles. The van der Waals surface area contributed by atoms with E-state index in [2.05, 4.69) is 12.2 Å². The van der Waals surface area contributed by atoms with Gasteiger partial charge in [0.05, 0.1) is 4.88 Å². The number of piperidine rings is 1. The predicted octanol–water partition coefficient (Wildman–Crippen LogP) is 1.91. The first-order valence-corrected chi connectivity index (χ1v) is 6.11. The van der Waals surface area contributed by atoms with Gasteiger partial charge < -0.3 is 11.1 Å². The van der Waals surface area contributed by atoms with E-state index in [1.54, 1.807) is 0 Å². The van der Waals surface area contributed by atoms with Crippen LogP contribution >= 0.6 is 11.3 Å². The third-order valence-electron chi connectivity index (χ3n) is 2.87. The summed E-state index contributed by atoms with van der Waals surface area (Å²) in [5.41, 5.74) is 5.23. The quantitative estimate of drug-likeness (QED) is 0.806. The van der Waals surface area contributed by atoms with Gasteiger partial charge in [-0.1, -0.05) is 6.92 Å². The van der Waals surface area contributed by atoms with Crippen molar-refractivity contribution in [3.05, 3.63) is 21.9 Å². The van der Waals surface area contributed by atoms with E-state index in [0.717, 1.165) is 18.9 Å². The standard InChI is InChI=1S/C11H16N2OS/c1-7-2-3-8(13-6-7)9-4-5-10(15-9)11(12)14/h4-5,7-8,13H,2-3,6H2,1H3,(H2,12,14)/t7-,8+/m0/s1. The van der Waals surface area contributed by atoms with Gasteiger partial charge in [0, 0.05) is 10.9 Å². The van der Waals surface area contributed by atoms with Crippen molar-refractivity contribution in [1.82, 2.24) is 5.32 Å². The van der Waals surface area contributed by atoms with Crippen LogP contribution in [0.25, 0.3) is 0 Å². The van der Waals surface area contributed by atoms with Gasteiger partial charge in [-0.2, -0.15) is 0 Å². The molecule has 2 rings (SSSR count). The molecule has 82 valence electrons. The van der Waals surface area contributed by atoms with E-state index in [0.29, 0.717) is 10.9 Å². The van der Waals surface area contributed by atoms with Crippen LogP contribution in [0.4, 0.5) is 0 Å². The topological polar surface area (TPSA) is 55.1 Å². The molecule has 0 radical (unpaired) electrons. The molecule has 3 nitrogen and oxygen atoms in total. The fourth-order valence-electron chi connectivity index (χ4n) is 1.91. The lowest BCUT2D eigenvalue weighted by atomic mass is 9.96. The Morgan fingerprint density at radius 2 is 2.33 bits per heavy atom.